The molecule has 0 radical (unpaired) electrons. The number of nitrogens with zero attached hydrogens (tertiary/aromatic N) is 2. The number of ether oxygens (including phenoxy) is 3. The second-order valence-electron chi connectivity index (χ2n) is 4.93. The maximum atomic E-state index is 11.9. The van der Waals surface area contributed by atoms with Crippen LogP contribution in [-0.2, 0) is 20.3 Å². The van der Waals surface area contributed by atoms with Gasteiger partial charge in [0.1, 0.15) is 5.75 Å². The number of H-pyrrole nitrogens is 1. The van der Waals surface area contributed by atoms with Gasteiger partial charge >= 0.3 is 0 Å². The third-order valence-corrected chi connectivity index (χ3v) is 4.62. The smallest absolute Gasteiger partial charge is 0.277 e. The van der Waals surface area contributed by atoms with E-state index in [1.807, 2.05) is 0 Å². The lowest BCUT2D eigenvalue weighted by molar-refractivity contribution is -0.387. The Hall–Kier alpha value is -2.30. The number of aromatic nitrogens is 2. The molecule has 1 atom stereocenters. The summed E-state index contributed by atoms with van der Waals surface area (Å²) < 4.78 is 27.7. The minimum Gasteiger partial charge on any atom is -0.494 e. The predicted octanol–water partition coefficient (Wildman–Crippen LogP) is 2.19. The van der Waals surface area contributed by atoms with Crippen LogP contribution >= 0.6 is 0 Å². The maximum Gasteiger partial charge on any atom is 0.277 e. The van der Waals surface area contributed by atoms with E-state index in [4.69, 9.17) is 14.2 Å². The average molecular weight is 369 g/mol. The van der Waals surface area contributed by atoms with Gasteiger partial charge in [-0.2, -0.15) is 0 Å². The summed E-state index contributed by atoms with van der Waals surface area (Å²) in [6.07, 6.45) is 2.83. The van der Waals surface area contributed by atoms with Crippen molar-refractivity contribution in [1.82, 2.24) is 9.97 Å². The normalized spacial score (nSPS) is 12.3. The molecule has 1 aromatic carbocycles. The molecule has 1 N–H and O–H groups in total. The van der Waals surface area contributed by atoms with Crippen molar-refractivity contribution in [1.29, 1.82) is 0 Å². The van der Waals surface area contributed by atoms with Crippen molar-refractivity contribution >= 4 is 16.5 Å². The highest BCUT2D eigenvalue weighted by Gasteiger charge is 2.22. The number of imidazole rings is 1. The zero-order valence-corrected chi connectivity index (χ0v) is 14.7. The first-order chi connectivity index (χ1) is 12.1. The first-order valence-corrected chi connectivity index (χ1v) is 8.73. The van der Waals surface area contributed by atoms with Crippen LogP contribution in [-0.4, -0.2) is 45.7 Å². The van der Waals surface area contributed by atoms with Crippen molar-refractivity contribution < 1.29 is 23.3 Å². The highest BCUT2D eigenvalue weighted by Crippen LogP contribution is 2.31. The molecule has 0 spiro atoms. The highest BCUT2D eigenvalue weighted by molar-refractivity contribution is 7.84. The fraction of sp³-hybridized carbons (Fsp3) is 0.400. The highest BCUT2D eigenvalue weighted by atomic mass is 32.2. The third-order valence-electron chi connectivity index (χ3n) is 3.31. The van der Waals surface area contributed by atoms with Gasteiger partial charge in [0, 0.05) is 38.4 Å². The minimum absolute atomic E-state index is 0.111. The second kappa shape index (κ2) is 9.25. The quantitative estimate of drug-likeness (QED) is 0.295. The molecule has 1 aromatic heterocycles. The molecular formula is C15H19N3O6S. The van der Waals surface area contributed by atoms with Crippen molar-refractivity contribution in [3.05, 3.63) is 46.3 Å². The van der Waals surface area contributed by atoms with Crippen molar-refractivity contribution in [3.63, 3.8) is 0 Å². The van der Waals surface area contributed by atoms with Crippen LogP contribution in [0.4, 0.5) is 5.69 Å². The molecule has 0 aliphatic rings. The summed E-state index contributed by atoms with van der Waals surface area (Å²) in [7, 11) is 1.59. The molecule has 136 valence electrons. The second-order valence-corrected chi connectivity index (χ2v) is 6.41. The zero-order chi connectivity index (χ0) is 18.2. The summed E-state index contributed by atoms with van der Waals surface area (Å²) in [5.74, 6) is 0.843. The number of nitro benzene ring substituents is 1. The molecule has 0 aliphatic carbocycles. The van der Waals surface area contributed by atoms with E-state index >= 15 is 0 Å². The molecule has 0 amide bonds. The summed E-state index contributed by atoms with van der Waals surface area (Å²) in [6, 6.07) is 4.36. The molecule has 0 bridgehead atoms. The van der Waals surface area contributed by atoms with Crippen LogP contribution in [0.5, 0.6) is 5.75 Å². The van der Waals surface area contributed by atoms with Gasteiger partial charge < -0.3 is 19.2 Å². The Bertz CT molecular complexity index is 718. The van der Waals surface area contributed by atoms with Gasteiger partial charge in [-0.05, 0) is 18.6 Å². The molecule has 0 aliphatic heterocycles. The lowest BCUT2D eigenvalue weighted by Gasteiger charge is -2.15. The van der Waals surface area contributed by atoms with E-state index in [-0.39, 0.29) is 11.3 Å². The predicted molar refractivity (Wildman–Crippen MR) is 89.8 cm³/mol. The summed E-state index contributed by atoms with van der Waals surface area (Å²) in [5.41, 5.74) is 0.159. The number of nitrogens with one attached hydrogen (secondary N) is 1. The van der Waals surface area contributed by atoms with E-state index in [2.05, 4.69) is 9.97 Å². The Morgan fingerprint density at radius 3 is 2.72 bits per heavy atom. The van der Waals surface area contributed by atoms with Gasteiger partial charge in [-0.1, -0.05) is 0 Å². The fourth-order valence-electron chi connectivity index (χ4n) is 2.18. The van der Waals surface area contributed by atoms with Gasteiger partial charge in [-0.25, -0.2) is 4.98 Å². The SMILES string of the molecule is COC(OC)c1cc(OCCCS(=O)c2ncc[nH]2)ccc1[N+](=O)[O-]. The number of methoxy groups -OCH3 is 2. The standard InChI is InChI=1S/C15H19N3O6S/c1-22-14(23-2)12-10-11(4-5-13(12)18(19)20)24-8-3-9-25(21)15-16-6-7-17-15/h4-7,10,14H,3,8-9H2,1-2H3,(H,16,17). The molecule has 0 saturated carbocycles. The van der Waals surface area contributed by atoms with E-state index in [9.17, 15) is 14.3 Å². The first kappa shape index (κ1) is 19.0. The Balaban J connectivity index is 1.96. The molecule has 2 aromatic rings. The van der Waals surface area contributed by atoms with Gasteiger partial charge in [0.15, 0.2) is 11.4 Å². The summed E-state index contributed by atoms with van der Waals surface area (Å²) in [6.45, 7) is 0.314. The van der Waals surface area contributed by atoms with E-state index in [1.165, 1.54) is 32.4 Å². The van der Waals surface area contributed by atoms with Gasteiger partial charge in [0.05, 0.1) is 27.9 Å². The Morgan fingerprint density at radius 2 is 2.12 bits per heavy atom. The molecule has 0 fully saturated rings. The van der Waals surface area contributed by atoms with Crippen molar-refractivity contribution in [2.75, 3.05) is 26.6 Å². The molecule has 25 heavy (non-hydrogen) atoms. The summed E-state index contributed by atoms with van der Waals surface area (Å²) >= 11 is 0. The van der Waals surface area contributed by atoms with Crippen LogP contribution in [0.25, 0.3) is 0 Å². The Morgan fingerprint density at radius 1 is 1.36 bits per heavy atom. The largest absolute Gasteiger partial charge is 0.494 e. The van der Waals surface area contributed by atoms with E-state index in [0.717, 1.165) is 0 Å². The average Bonchev–Trinajstić information content (AvgIpc) is 3.14. The van der Waals surface area contributed by atoms with Gasteiger partial charge in [0.2, 0.25) is 0 Å². The minimum atomic E-state index is -1.21. The first-order valence-electron chi connectivity index (χ1n) is 7.41. The molecule has 10 heteroatoms. The lowest BCUT2D eigenvalue weighted by Crippen LogP contribution is -2.09. The number of nitro groups is 1. The van der Waals surface area contributed by atoms with Crippen LogP contribution in [0.2, 0.25) is 0 Å². The third kappa shape index (κ3) is 5.08. The summed E-state index contributed by atoms with van der Waals surface area (Å²) in [4.78, 5) is 17.4. The number of benzene rings is 1. The molecular weight excluding hydrogens is 350 g/mol. The Labute approximate surface area is 146 Å². The van der Waals surface area contributed by atoms with Crippen LogP contribution in [0.15, 0.2) is 35.7 Å². The van der Waals surface area contributed by atoms with Crippen LogP contribution < -0.4 is 4.74 Å². The Kier molecular flexibility index (Phi) is 7.04. The molecule has 9 nitrogen and oxygen atoms in total. The number of hydrogen-bond donors (Lipinski definition) is 1. The van der Waals surface area contributed by atoms with E-state index in [0.29, 0.717) is 29.7 Å². The van der Waals surface area contributed by atoms with Gasteiger partial charge in [0.25, 0.3) is 5.69 Å². The van der Waals surface area contributed by atoms with Crippen LogP contribution in [0.3, 0.4) is 0 Å². The molecule has 1 heterocycles. The monoisotopic (exact) mass is 369 g/mol. The van der Waals surface area contributed by atoms with Crippen LogP contribution in [0, 0.1) is 10.1 Å². The zero-order valence-electron chi connectivity index (χ0n) is 13.8. The number of hydrogen-bond acceptors (Lipinski definition) is 7. The topological polar surface area (TPSA) is 117 Å². The van der Waals surface area contributed by atoms with Gasteiger partial charge in [-0.3, -0.25) is 14.3 Å². The van der Waals surface area contributed by atoms with Crippen molar-refractivity contribution in [2.45, 2.75) is 17.9 Å². The van der Waals surface area contributed by atoms with Gasteiger partial charge in [-0.15, -0.1) is 0 Å². The van der Waals surface area contributed by atoms with E-state index in [1.54, 1.807) is 12.4 Å². The molecule has 2 rings (SSSR count). The lowest BCUT2D eigenvalue weighted by atomic mass is 10.1. The summed E-state index contributed by atoms with van der Waals surface area (Å²) in [5, 5.41) is 11.6. The number of rotatable bonds is 10. The van der Waals surface area contributed by atoms with Crippen molar-refractivity contribution in [3.8, 4) is 5.75 Å². The fourth-order valence-corrected chi connectivity index (χ4v) is 3.13. The van der Waals surface area contributed by atoms with Crippen LogP contribution in [0.1, 0.15) is 18.3 Å². The number of aromatic amines is 1. The maximum absolute atomic E-state index is 11.9. The molecule has 0 saturated heterocycles. The molecule has 1 unspecified atom stereocenters. The van der Waals surface area contributed by atoms with E-state index < -0.39 is 22.0 Å². The van der Waals surface area contributed by atoms with Crippen molar-refractivity contribution in [2.24, 2.45) is 0 Å².